The number of ether oxygens (including phenoxy) is 2. The lowest BCUT2D eigenvalue weighted by molar-refractivity contribution is -0.0183. The van der Waals surface area contributed by atoms with Crippen LogP contribution in [0.4, 0.5) is 0 Å². The number of hydrogen-bond acceptors (Lipinski definition) is 4. The molecule has 2 N–H and O–H groups in total. The van der Waals surface area contributed by atoms with Crippen molar-refractivity contribution in [2.75, 3.05) is 27.3 Å². The highest BCUT2D eigenvalue weighted by Gasteiger charge is 2.41. The van der Waals surface area contributed by atoms with E-state index in [0.29, 0.717) is 24.6 Å². The van der Waals surface area contributed by atoms with Gasteiger partial charge in [0.05, 0.1) is 19.8 Å². The molecule has 2 rings (SSSR count). The third-order valence-corrected chi connectivity index (χ3v) is 2.95. The number of benzene rings is 1. The van der Waals surface area contributed by atoms with Crippen LogP contribution in [-0.2, 0) is 5.60 Å². The van der Waals surface area contributed by atoms with Crippen molar-refractivity contribution in [3.8, 4) is 11.5 Å². The summed E-state index contributed by atoms with van der Waals surface area (Å²) in [6.45, 7) is 3.03. The molecule has 1 fully saturated rings. The number of aryl methyl sites for hydroxylation is 1. The van der Waals surface area contributed by atoms with Crippen molar-refractivity contribution in [1.29, 1.82) is 0 Å². The maximum absolute atomic E-state index is 10.4. The highest BCUT2D eigenvalue weighted by Crippen LogP contribution is 2.40. The highest BCUT2D eigenvalue weighted by molar-refractivity contribution is 5.52. The molecule has 0 aromatic heterocycles. The Bertz CT molecular complexity index is 374. The number of aliphatic hydroxyl groups is 1. The zero-order chi connectivity index (χ0) is 11.8. The summed E-state index contributed by atoms with van der Waals surface area (Å²) >= 11 is 0. The first-order valence-corrected chi connectivity index (χ1v) is 5.27. The smallest absolute Gasteiger partial charge is 0.129 e. The van der Waals surface area contributed by atoms with Gasteiger partial charge in [0.1, 0.15) is 17.1 Å². The fourth-order valence-corrected chi connectivity index (χ4v) is 2.04. The Hall–Kier alpha value is -1.26. The molecule has 1 aliphatic heterocycles. The summed E-state index contributed by atoms with van der Waals surface area (Å²) < 4.78 is 10.6. The van der Waals surface area contributed by atoms with Crippen LogP contribution in [0.5, 0.6) is 11.5 Å². The third-order valence-electron chi connectivity index (χ3n) is 2.95. The van der Waals surface area contributed by atoms with Crippen molar-refractivity contribution in [3.05, 3.63) is 23.3 Å². The van der Waals surface area contributed by atoms with E-state index in [2.05, 4.69) is 5.32 Å². The third kappa shape index (κ3) is 1.64. The summed E-state index contributed by atoms with van der Waals surface area (Å²) in [5.41, 5.74) is 0.917. The second-order valence-electron chi connectivity index (χ2n) is 4.18. The Morgan fingerprint density at radius 3 is 2.00 bits per heavy atom. The average molecular weight is 223 g/mol. The summed E-state index contributed by atoms with van der Waals surface area (Å²) in [4.78, 5) is 0. The van der Waals surface area contributed by atoms with Gasteiger partial charge in [-0.3, -0.25) is 0 Å². The summed E-state index contributed by atoms with van der Waals surface area (Å²) in [6, 6.07) is 3.82. The van der Waals surface area contributed by atoms with Crippen molar-refractivity contribution in [3.63, 3.8) is 0 Å². The lowest BCUT2D eigenvalue weighted by Crippen LogP contribution is -2.57. The minimum absolute atomic E-state index is 0.531. The molecular weight excluding hydrogens is 206 g/mol. The van der Waals surface area contributed by atoms with Gasteiger partial charge in [0.2, 0.25) is 0 Å². The standard InChI is InChI=1S/C12H17NO3/c1-8-4-9(15-2)11(10(5-8)16-3)12(14)6-13-7-12/h4-5,13-14H,6-7H2,1-3H3. The Balaban J connectivity index is 2.55. The van der Waals surface area contributed by atoms with Crippen LogP contribution >= 0.6 is 0 Å². The van der Waals surface area contributed by atoms with Gasteiger partial charge in [-0.25, -0.2) is 0 Å². The lowest BCUT2D eigenvalue weighted by atomic mass is 9.86. The summed E-state index contributed by atoms with van der Waals surface area (Å²) in [5.74, 6) is 1.36. The van der Waals surface area contributed by atoms with E-state index < -0.39 is 5.60 Å². The maximum atomic E-state index is 10.4. The molecular formula is C12H17NO3. The van der Waals surface area contributed by atoms with Crippen LogP contribution < -0.4 is 14.8 Å². The Morgan fingerprint density at radius 2 is 1.69 bits per heavy atom. The Labute approximate surface area is 95.2 Å². The Kier molecular flexibility index (Phi) is 2.78. The molecule has 1 aromatic rings. The number of methoxy groups -OCH3 is 2. The second kappa shape index (κ2) is 3.96. The lowest BCUT2D eigenvalue weighted by Gasteiger charge is -2.39. The molecule has 0 atom stereocenters. The zero-order valence-electron chi connectivity index (χ0n) is 9.83. The molecule has 1 aromatic carbocycles. The first-order valence-electron chi connectivity index (χ1n) is 5.27. The van der Waals surface area contributed by atoms with Crippen molar-refractivity contribution in [1.82, 2.24) is 5.32 Å². The SMILES string of the molecule is COc1cc(C)cc(OC)c1C1(O)CNC1. The topological polar surface area (TPSA) is 50.7 Å². The van der Waals surface area contributed by atoms with E-state index in [9.17, 15) is 5.11 Å². The monoisotopic (exact) mass is 223 g/mol. The van der Waals surface area contributed by atoms with Crippen molar-refractivity contribution >= 4 is 0 Å². The van der Waals surface area contributed by atoms with Gasteiger partial charge in [0.15, 0.2) is 0 Å². The normalized spacial score (nSPS) is 17.8. The number of nitrogens with one attached hydrogen (secondary N) is 1. The molecule has 1 saturated heterocycles. The van der Waals surface area contributed by atoms with Gasteiger partial charge in [-0.05, 0) is 24.6 Å². The number of rotatable bonds is 3. The molecule has 0 radical (unpaired) electrons. The fourth-order valence-electron chi connectivity index (χ4n) is 2.04. The van der Waals surface area contributed by atoms with Crippen molar-refractivity contribution < 1.29 is 14.6 Å². The first-order chi connectivity index (χ1) is 7.60. The first kappa shape index (κ1) is 11.2. The van der Waals surface area contributed by atoms with Gasteiger partial charge in [-0.2, -0.15) is 0 Å². The van der Waals surface area contributed by atoms with E-state index in [-0.39, 0.29) is 0 Å². The van der Waals surface area contributed by atoms with Crippen LogP contribution in [0, 0.1) is 6.92 Å². The van der Waals surface area contributed by atoms with E-state index in [1.807, 2.05) is 19.1 Å². The molecule has 1 aliphatic rings. The van der Waals surface area contributed by atoms with Gasteiger partial charge >= 0.3 is 0 Å². The molecule has 0 bridgehead atoms. The molecule has 0 aliphatic carbocycles. The highest BCUT2D eigenvalue weighted by atomic mass is 16.5. The van der Waals surface area contributed by atoms with E-state index in [0.717, 1.165) is 11.1 Å². The van der Waals surface area contributed by atoms with Gasteiger partial charge in [-0.15, -0.1) is 0 Å². The molecule has 0 saturated carbocycles. The van der Waals surface area contributed by atoms with Crippen molar-refractivity contribution in [2.45, 2.75) is 12.5 Å². The molecule has 4 heteroatoms. The average Bonchev–Trinajstić information content (AvgIpc) is 2.24. The van der Waals surface area contributed by atoms with E-state index in [4.69, 9.17) is 9.47 Å². The Morgan fingerprint density at radius 1 is 1.19 bits per heavy atom. The zero-order valence-corrected chi connectivity index (χ0v) is 9.83. The molecule has 88 valence electrons. The molecule has 16 heavy (non-hydrogen) atoms. The van der Waals surface area contributed by atoms with Crippen LogP contribution in [-0.4, -0.2) is 32.4 Å². The van der Waals surface area contributed by atoms with Gasteiger partial charge in [-0.1, -0.05) is 0 Å². The molecule has 0 amide bonds. The van der Waals surface area contributed by atoms with Crippen LogP contribution in [0.1, 0.15) is 11.1 Å². The quantitative estimate of drug-likeness (QED) is 0.796. The maximum Gasteiger partial charge on any atom is 0.129 e. The second-order valence-corrected chi connectivity index (χ2v) is 4.18. The van der Waals surface area contributed by atoms with E-state index >= 15 is 0 Å². The van der Waals surface area contributed by atoms with Crippen LogP contribution in [0.2, 0.25) is 0 Å². The van der Waals surface area contributed by atoms with E-state index in [1.54, 1.807) is 14.2 Å². The minimum Gasteiger partial charge on any atom is -0.496 e. The van der Waals surface area contributed by atoms with Crippen LogP contribution in [0.3, 0.4) is 0 Å². The summed E-state index contributed by atoms with van der Waals surface area (Å²) in [7, 11) is 3.21. The van der Waals surface area contributed by atoms with Gasteiger partial charge in [0, 0.05) is 13.1 Å². The minimum atomic E-state index is -0.871. The predicted molar refractivity (Wildman–Crippen MR) is 61.0 cm³/mol. The van der Waals surface area contributed by atoms with Crippen LogP contribution in [0.15, 0.2) is 12.1 Å². The largest absolute Gasteiger partial charge is 0.496 e. The molecule has 4 nitrogen and oxygen atoms in total. The summed E-state index contributed by atoms with van der Waals surface area (Å²) in [6.07, 6.45) is 0. The van der Waals surface area contributed by atoms with Crippen LogP contribution in [0.25, 0.3) is 0 Å². The fraction of sp³-hybridized carbons (Fsp3) is 0.500. The van der Waals surface area contributed by atoms with Crippen molar-refractivity contribution in [2.24, 2.45) is 0 Å². The predicted octanol–water partition coefficient (Wildman–Crippen LogP) is 0.803. The summed E-state index contributed by atoms with van der Waals surface area (Å²) in [5, 5.41) is 13.4. The van der Waals surface area contributed by atoms with Gasteiger partial charge < -0.3 is 19.9 Å². The number of hydrogen-bond donors (Lipinski definition) is 2. The molecule has 0 spiro atoms. The van der Waals surface area contributed by atoms with Gasteiger partial charge in [0.25, 0.3) is 0 Å². The van der Waals surface area contributed by atoms with E-state index in [1.165, 1.54) is 0 Å². The number of β-amino-alcohol motifs (C(OH)–C–C–N with tert-alkyl or cyclic N) is 1. The molecule has 0 unspecified atom stereocenters. The molecule has 1 heterocycles.